The van der Waals surface area contributed by atoms with Crippen LogP contribution in [-0.4, -0.2) is 26.4 Å². The topological polar surface area (TPSA) is 78.5 Å². The number of anilines is 2. The first-order valence-corrected chi connectivity index (χ1v) is 12.5. The maximum Gasteiger partial charge on any atom is 0.255 e. The minimum Gasteiger partial charge on any atom is -0.367 e. The van der Waals surface area contributed by atoms with Crippen LogP contribution in [0.2, 0.25) is 0 Å². The Bertz CT molecular complexity index is 1260. The summed E-state index contributed by atoms with van der Waals surface area (Å²) in [6.07, 6.45) is 1.00. The van der Waals surface area contributed by atoms with Gasteiger partial charge in [0.1, 0.15) is 0 Å². The van der Waals surface area contributed by atoms with E-state index in [9.17, 15) is 13.2 Å². The molecule has 2 N–H and O–H groups in total. The molecule has 7 heteroatoms. The summed E-state index contributed by atoms with van der Waals surface area (Å²) in [4.78, 5) is 15.2. The highest BCUT2D eigenvalue weighted by atomic mass is 32.2. The van der Waals surface area contributed by atoms with Crippen LogP contribution >= 0.6 is 0 Å². The Balaban J connectivity index is 1.45. The molecule has 0 radical (unpaired) electrons. The molecule has 33 heavy (non-hydrogen) atoms. The smallest absolute Gasteiger partial charge is 0.255 e. The molecule has 6 nitrogen and oxygen atoms in total. The van der Waals surface area contributed by atoms with Crippen LogP contribution in [0.1, 0.15) is 42.3 Å². The van der Waals surface area contributed by atoms with Crippen LogP contribution in [0, 0.1) is 0 Å². The van der Waals surface area contributed by atoms with E-state index in [1.165, 1.54) is 23.3 Å². The molecular formula is C26H29N3O3S. The molecule has 0 spiro atoms. The molecular weight excluding hydrogens is 434 g/mol. The van der Waals surface area contributed by atoms with Crippen LogP contribution < -0.4 is 14.9 Å². The second kappa shape index (κ2) is 9.00. The molecule has 3 aromatic carbocycles. The van der Waals surface area contributed by atoms with Gasteiger partial charge in [-0.1, -0.05) is 30.3 Å². The third-order valence-electron chi connectivity index (χ3n) is 5.47. The van der Waals surface area contributed by atoms with Crippen molar-refractivity contribution in [2.75, 3.05) is 16.8 Å². The number of fused-ring (bicyclic) bond motifs is 1. The number of hydrogen-bond donors (Lipinski definition) is 2. The third kappa shape index (κ3) is 5.61. The van der Waals surface area contributed by atoms with Crippen LogP contribution in [0.15, 0.2) is 77.7 Å². The number of sulfonamides is 1. The molecule has 4 rings (SSSR count). The van der Waals surface area contributed by atoms with Crippen molar-refractivity contribution in [1.82, 2.24) is 4.72 Å². The number of hydrogen-bond acceptors (Lipinski definition) is 4. The zero-order valence-electron chi connectivity index (χ0n) is 19.1. The standard InChI is InChI=1S/C26H29N3O3S/c1-26(2,3)28-33(31,32)24-10-6-9-22(17-24)27-25(30)20-11-13-23(14-12-20)29-16-15-19-7-4-5-8-21(19)18-29/h4-14,17,28H,15-16,18H2,1-3H3,(H,27,30). The summed E-state index contributed by atoms with van der Waals surface area (Å²) in [6, 6.07) is 22.3. The van der Waals surface area contributed by atoms with E-state index < -0.39 is 15.6 Å². The van der Waals surface area contributed by atoms with Crippen LogP contribution in [0.25, 0.3) is 0 Å². The Morgan fingerprint density at radius 2 is 1.61 bits per heavy atom. The Morgan fingerprint density at radius 1 is 0.909 bits per heavy atom. The fourth-order valence-electron chi connectivity index (χ4n) is 3.95. The third-order valence-corrected chi connectivity index (χ3v) is 7.22. The monoisotopic (exact) mass is 463 g/mol. The van der Waals surface area contributed by atoms with E-state index in [2.05, 4.69) is 39.2 Å². The lowest BCUT2D eigenvalue weighted by Gasteiger charge is -2.30. The second-order valence-electron chi connectivity index (χ2n) is 9.32. The van der Waals surface area contributed by atoms with Gasteiger partial charge < -0.3 is 10.2 Å². The summed E-state index contributed by atoms with van der Waals surface area (Å²) in [5.41, 5.74) is 4.14. The highest BCUT2D eigenvalue weighted by Crippen LogP contribution is 2.25. The molecule has 1 aliphatic heterocycles. The molecule has 0 saturated carbocycles. The van der Waals surface area contributed by atoms with Crippen molar-refractivity contribution in [3.05, 3.63) is 89.5 Å². The second-order valence-corrected chi connectivity index (χ2v) is 11.0. The molecule has 1 amide bonds. The van der Waals surface area contributed by atoms with Gasteiger partial charge >= 0.3 is 0 Å². The number of carbonyl (C=O) groups excluding carboxylic acids is 1. The van der Waals surface area contributed by atoms with E-state index in [4.69, 9.17) is 0 Å². The minimum atomic E-state index is -3.69. The van der Waals surface area contributed by atoms with E-state index in [-0.39, 0.29) is 10.8 Å². The van der Waals surface area contributed by atoms with Gasteiger partial charge in [-0.25, -0.2) is 13.1 Å². The fourth-order valence-corrected chi connectivity index (χ4v) is 5.41. The van der Waals surface area contributed by atoms with Crippen LogP contribution in [-0.2, 0) is 23.0 Å². The predicted octanol–water partition coefficient (Wildman–Crippen LogP) is 4.58. The Morgan fingerprint density at radius 3 is 2.30 bits per heavy atom. The maximum atomic E-state index is 12.8. The number of amides is 1. The SMILES string of the molecule is CC(C)(C)NS(=O)(=O)c1cccc(NC(=O)c2ccc(N3CCc4ccccc4C3)cc2)c1. The van der Waals surface area contributed by atoms with E-state index in [0.717, 1.165) is 25.2 Å². The van der Waals surface area contributed by atoms with Gasteiger partial charge in [0.25, 0.3) is 5.91 Å². The number of benzene rings is 3. The quantitative estimate of drug-likeness (QED) is 0.581. The molecule has 1 aliphatic rings. The average molecular weight is 464 g/mol. The fraction of sp³-hybridized carbons (Fsp3) is 0.269. The summed E-state index contributed by atoms with van der Waals surface area (Å²) >= 11 is 0. The first kappa shape index (κ1) is 23.0. The molecule has 1 heterocycles. The van der Waals surface area contributed by atoms with Crippen molar-refractivity contribution >= 4 is 27.3 Å². The number of nitrogens with one attached hydrogen (secondary N) is 2. The molecule has 0 saturated heterocycles. The van der Waals surface area contributed by atoms with Gasteiger partial charge in [0.05, 0.1) is 4.90 Å². The van der Waals surface area contributed by atoms with Gasteiger partial charge in [-0.2, -0.15) is 0 Å². The van der Waals surface area contributed by atoms with Gasteiger partial charge in [-0.05, 0) is 80.8 Å². The Hall–Kier alpha value is -3.16. The number of nitrogens with zero attached hydrogens (tertiary/aromatic N) is 1. The molecule has 172 valence electrons. The van der Waals surface area contributed by atoms with Crippen molar-refractivity contribution < 1.29 is 13.2 Å². The Labute approximate surface area is 195 Å². The lowest BCUT2D eigenvalue weighted by Crippen LogP contribution is -2.40. The summed E-state index contributed by atoms with van der Waals surface area (Å²) in [5, 5.41) is 2.80. The van der Waals surface area contributed by atoms with Gasteiger partial charge in [-0.15, -0.1) is 0 Å². The minimum absolute atomic E-state index is 0.107. The number of rotatable bonds is 5. The van der Waals surface area contributed by atoms with E-state index in [1.807, 2.05) is 12.1 Å². The van der Waals surface area contributed by atoms with Crippen LogP contribution in [0.5, 0.6) is 0 Å². The van der Waals surface area contributed by atoms with Crippen LogP contribution in [0.3, 0.4) is 0 Å². The molecule has 0 bridgehead atoms. The first-order chi connectivity index (χ1) is 15.6. The molecule has 0 aromatic heterocycles. The number of carbonyl (C=O) groups is 1. The van der Waals surface area contributed by atoms with Crippen molar-refractivity contribution in [3.8, 4) is 0 Å². The molecule has 0 atom stereocenters. The highest BCUT2D eigenvalue weighted by Gasteiger charge is 2.22. The first-order valence-electron chi connectivity index (χ1n) is 11.0. The molecule has 0 fully saturated rings. The van der Waals surface area contributed by atoms with Gasteiger partial charge in [0, 0.05) is 35.6 Å². The van der Waals surface area contributed by atoms with Crippen LogP contribution in [0.4, 0.5) is 11.4 Å². The van der Waals surface area contributed by atoms with Crippen molar-refractivity contribution in [1.29, 1.82) is 0 Å². The van der Waals surface area contributed by atoms with E-state index in [1.54, 1.807) is 45.0 Å². The maximum absolute atomic E-state index is 12.8. The van der Waals surface area contributed by atoms with Crippen molar-refractivity contribution in [2.24, 2.45) is 0 Å². The largest absolute Gasteiger partial charge is 0.367 e. The lowest BCUT2D eigenvalue weighted by molar-refractivity contribution is 0.102. The lowest BCUT2D eigenvalue weighted by atomic mass is 9.99. The summed E-state index contributed by atoms with van der Waals surface area (Å²) in [5.74, 6) is -0.288. The molecule has 0 aliphatic carbocycles. The van der Waals surface area contributed by atoms with Crippen molar-refractivity contribution in [2.45, 2.75) is 44.2 Å². The zero-order valence-corrected chi connectivity index (χ0v) is 19.9. The summed E-state index contributed by atoms with van der Waals surface area (Å²) in [6.45, 7) is 7.13. The Kier molecular flexibility index (Phi) is 6.28. The van der Waals surface area contributed by atoms with E-state index in [0.29, 0.717) is 11.3 Å². The van der Waals surface area contributed by atoms with E-state index >= 15 is 0 Å². The average Bonchev–Trinajstić information content (AvgIpc) is 2.77. The summed E-state index contributed by atoms with van der Waals surface area (Å²) in [7, 11) is -3.69. The van der Waals surface area contributed by atoms with Gasteiger partial charge in [0.15, 0.2) is 0 Å². The normalized spacial score (nSPS) is 14.0. The van der Waals surface area contributed by atoms with Gasteiger partial charge in [0.2, 0.25) is 10.0 Å². The summed E-state index contributed by atoms with van der Waals surface area (Å²) < 4.78 is 27.8. The molecule has 0 unspecified atom stereocenters. The van der Waals surface area contributed by atoms with Gasteiger partial charge in [-0.3, -0.25) is 4.79 Å². The molecule has 3 aromatic rings. The predicted molar refractivity (Wildman–Crippen MR) is 132 cm³/mol. The zero-order chi connectivity index (χ0) is 23.6. The van der Waals surface area contributed by atoms with Crippen molar-refractivity contribution in [3.63, 3.8) is 0 Å². The highest BCUT2D eigenvalue weighted by molar-refractivity contribution is 7.89.